The van der Waals surface area contributed by atoms with Gasteiger partial charge in [-0.05, 0) is 43.4 Å². The molecule has 1 aromatic rings. The lowest BCUT2D eigenvalue weighted by molar-refractivity contribution is -0.116. The van der Waals surface area contributed by atoms with Crippen LogP contribution < -0.4 is 10.6 Å². The number of urea groups is 1. The van der Waals surface area contributed by atoms with E-state index in [1.807, 2.05) is 0 Å². The molecular formula is C18H25ClFN3O3. The highest BCUT2D eigenvalue weighted by atomic mass is 35.5. The number of halogens is 2. The number of nitrogens with one attached hydrogen (secondary N) is 2. The first-order valence-corrected chi connectivity index (χ1v) is 9.14. The molecule has 1 heterocycles. The third kappa shape index (κ3) is 6.46. The number of rotatable bonds is 7. The molecule has 2 N–H and O–H groups in total. The van der Waals surface area contributed by atoms with Crippen LogP contribution in [0.3, 0.4) is 0 Å². The summed E-state index contributed by atoms with van der Waals surface area (Å²) in [4.78, 5) is 25.8. The molecule has 144 valence electrons. The molecule has 0 spiro atoms. The van der Waals surface area contributed by atoms with Crippen LogP contribution in [0.1, 0.15) is 25.7 Å². The van der Waals surface area contributed by atoms with E-state index < -0.39 is 5.82 Å². The number of ether oxygens (including phenoxy) is 1. The second-order valence-electron chi connectivity index (χ2n) is 6.37. The number of carbonyl (C=O) groups is 2. The minimum atomic E-state index is -0.511. The number of piperidine rings is 1. The summed E-state index contributed by atoms with van der Waals surface area (Å²) in [5.41, 5.74) is 0.490. The Bertz CT molecular complexity index is 622. The van der Waals surface area contributed by atoms with Gasteiger partial charge in [0.1, 0.15) is 5.82 Å². The van der Waals surface area contributed by atoms with Crippen molar-refractivity contribution in [2.75, 3.05) is 38.7 Å². The van der Waals surface area contributed by atoms with Crippen LogP contribution >= 0.6 is 11.6 Å². The first kappa shape index (κ1) is 20.5. The average molecular weight is 386 g/mol. The minimum Gasteiger partial charge on any atom is -0.383 e. The van der Waals surface area contributed by atoms with Gasteiger partial charge < -0.3 is 20.3 Å². The first-order chi connectivity index (χ1) is 12.5. The Labute approximate surface area is 158 Å². The van der Waals surface area contributed by atoms with Crippen LogP contribution in [-0.4, -0.2) is 50.2 Å². The van der Waals surface area contributed by atoms with Crippen molar-refractivity contribution in [3.8, 4) is 0 Å². The van der Waals surface area contributed by atoms with Crippen LogP contribution in [0.15, 0.2) is 18.2 Å². The van der Waals surface area contributed by atoms with E-state index in [0.717, 1.165) is 19.3 Å². The molecule has 0 aliphatic carbocycles. The number of nitrogens with zero attached hydrogens (tertiary/aromatic N) is 1. The van der Waals surface area contributed by atoms with Crippen molar-refractivity contribution in [1.82, 2.24) is 10.2 Å². The fourth-order valence-electron chi connectivity index (χ4n) is 2.93. The van der Waals surface area contributed by atoms with Crippen LogP contribution in [0.4, 0.5) is 14.9 Å². The van der Waals surface area contributed by atoms with Gasteiger partial charge in [0.15, 0.2) is 0 Å². The van der Waals surface area contributed by atoms with Gasteiger partial charge in [-0.3, -0.25) is 4.79 Å². The first-order valence-electron chi connectivity index (χ1n) is 8.76. The molecule has 8 heteroatoms. The van der Waals surface area contributed by atoms with Crippen LogP contribution in [0, 0.1) is 11.7 Å². The summed E-state index contributed by atoms with van der Waals surface area (Å²) in [6, 6.07) is 4.05. The monoisotopic (exact) mass is 385 g/mol. The maximum Gasteiger partial charge on any atom is 0.317 e. The van der Waals surface area contributed by atoms with Crippen molar-refractivity contribution < 1.29 is 18.7 Å². The smallest absolute Gasteiger partial charge is 0.317 e. The van der Waals surface area contributed by atoms with Crippen molar-refractivity contribution in [1.29, 1.82) is 0 Å². The predicted octanol–water partition coefficient (Wildman–Crippen LogP) is 3.27. The molecule has 26 heavy (non-hydrogen) atoms. The largest absolute Gasteiger partial charge is 0.383 e. The van der Waals surface area contributed by atoms with E-state index in [1.165, 1.54) is 18.2 Å². The summed E-state index contributed by atoms with van der Waals surface area (Å²) in [6.07, 6.45) is 2.92. The van der Waals surface area contributed by atoms with Crippen LogP contribution in [0.5, 0.6) is 0 Å². The predicted molar refractivity (Wildman–Crippen MR) is 98.8 cm³/mol. The fourth-order valence-corrected chi connectivity index (χ4v) is 3.11. The Morgan fingerprint density at radius 3 is 2.73 bits per heavy atom. The van der Waals surface area contributed by atoms with E-state index in [2.05, 4.69) is 10.6 Å². The number of amides is 3. The Hall–Kier alpha value is -1.86. The van der Waals surface area contributed by atoms with Crippen LogP contribution in [0.25, 0.3) is 0 Å². The second kappa shape index (κ2) is 10.3. The van der Waals surface area contributed by atoms with E-state index >= 15 is 0 Å². The van der Waals surface area contributed by atoms with Crippen molar-refractivity contribution in [2.24, 2.45) is 5.92 Å². The van der Waals surface area contributed by atoms with E-state index in [4.69, 9.17) is 16.3 Å². The van der Waals surface area contributed by atoms with Crippen molar-refractivity contribution >= 4 is 29.2 Å². The van der Waals surface area contributed by atoms with Gasteiger partial charge in [0, 0.05) is 38.9 Å². The highest BCUT2D eigenvalue weighted by Crippen LogP contribution is 2.23. The molecule has 0 radical (unpaired) electrons. The zero-order chi connectivity index (χ0) is 18.9. The van der Waals surface area contributed by atoms with E-state index in [0.29, 0.717) is 44.3 Å². The van der Waals surface area contributed by atoms with Gasteiger partial charge >= 0.3 is 6.03 Å². The summed E-state index contributed by atoms with van der Waals surface area (Å²) < 4.78 is 18.0. The number of hydrogen-bond acceptors (Lipinski definition) is 3. The summed E-state index contributed by atoms with van der Waals surface area (Å²) in [5.74, 6) is -0.212. The van der Waals surface area contributed by atoms with Gasteiger partial charge in [0.25, 0.3) is 0 Å². The lowest BCUT2D eigenvalue weighted by atomic mass is 9.92. The highest BCUT2D eigenvalue weighted by molar-refractivity contribution is 6.31. The van der Waals surface area contributed by atoms with Gasteiger partial charge in [-0.1, -0.05) is 11.6 Å². The number of anilines is 1. The van der Waals surface area contributed by atoms with Gasteiger partial charge in [0.05, 0.1) is 11.6 Å². The maximum atomic E-state index is 13.1. The molecule has 2 rings (SSSR count). The molecule has 3 amide bonds. The average Bonchev–Trinajstić information content (AvgIpc) is 2.63. The van der Waals surface area contributed by atoms with Crippen LogP contribution in [0.2, 0.25) is 5.02 Å². The number of methoxy groups -OCH3 is 1. The topological polar surface area (TPSA) is 70.7 Å². The summed E-state index contributed by atoms with van der Waals surface area (Å²) in [5, 5.41) is 5.53. The molecule has 1 aliphatic heterocycles. The molecule has 1 saturated heterocycles. The van der Waals surface area contributed by atoms with Crippen molar-refractivity contribution in [2.45, 2.75) is 25.7 Å². The molecule has 0 bridgehead atoms. The molecular weight excluding hydrogens is 361 g/mol. The zero-order valence-corrected chi connectivity index (χ0v) is 15.7. The SMILES string of the molecule is COCCNC(=O)N1CCC(CCC(=O)Nc2ccc(F)c(Cl)c2)CC1. The molecule has 1 fully saturated rings. The molecule has 6 nitrogen and oxygen atoms in total. The number of likely N-dealkylation sites (tertiary alicyclic amines) is 1. The summed E-state index contributed by atoms with van der Waals surface area (Å²) >= 11 is 5.70. The Balaban J connectivity index is 1.67. The number of hydrogen-bond donors (Lipinski definition) is 2. The van der Waals surface area contributed by atoms with Gasteiger partial charge in [-0.25, -0.2) is 9.18 Å². The lowest BCUT2D eigenvalue weighted by Crippen LogP contribution is -2.45. The Morgan fingerprint density at radius 2 is 2.08 bits per heavy atom. The number of benzene rings is 1. The summed E-state index contributed by atoms with van der Waals surface area (Å²) in [7, 11) is 1.60. The van der Waals surface area contributed by atoms with Gasteiger partial charge in [0.2, 0.25) is 5.91 Å². The van der Waals surface area contributed by atoms with Crippen LogP contribution in [-0.2, 0) is 9.53 Å². The van der Waals surface area contributed by atoms with Crippen molar-refractivity contribution in [3.63, 3.8) is 0 Å². The Kier molecular flexibility index (Phi) is 8.12. The normalized spacial score (nSPS) is 15.0. The zero-order valence-electron chi connectivity index (χ0n) is 14.9. The quantitative estimate of drug-likeness (QED) is 0.708. The standard InChI is InChI=1S/C18H25ClFN3O3/c1-26-11-8-21-18(25)23-9-6-13(7-10-23)2-5-17(24)22-14-3-4-16(20)15(19)12-14/h3-4,12-13H,2,5-11H2,1H3,(H,21,25)(H,22,24). The van der Waals surface area contributed by atoms with E-state index in [1.54, 1.807) is 12.0 Å². The molecule has 0 unspecified atom stereocenters. The highest BCUT2D eigenvalue weighted by Gasteiger charge is 2.23. The third-order valence-electron chi connectivity index (χ3n) is 4.47. The molecule has 1 aliphatic rings. The number of carbonyl (C=O) groups excluding carboxylic acids is 2. The van der Waals surface area contributed by atoms with E-state index in [-0.39, 0.29) is 17.0 Å². The van der Waals surface area contributed by atoms with Crippen molar-refractivity contribution in [3.05, 3.63) is 29.0 Å². The van der Waals surface area contributed by atoms with Gasteiger partial charge in [-0.2, -0.15) is 0 Å². The lowest BCUT2D eigenvalue weighted by Gasteiger charge is -2.32. The molecule has 1 aromatic carbocycles. The Morgan fingerprint density at radius 1 is 1.35 bits per heavy atom. The van der Waals surface area contributed by atoms with Gasteiger partial charge in [-0.15, -0.1) is 0 Å². The molecule has 0 atom stereocenters. The van der Waals surface area contributed by atoms with E-state index in [9.17, 15) is 14.0 Å². The fraction of sp³-hybridized carbons (Fsp3) is 0.556. The molecule has 0 aromatic heterocycles. The third-order valence-corrected chi connectivity index (χ3v) is 4.76. The summed E-state index contributed by atoms with van der Waals surface area (Å²) in [6.45, 7) is 2.39. The minimum absolute atomic E-state index is 0.0149. The molecule has 0 saturated carbocycles. The second-order valence-corrected chi connectivity index (χ2v) is 6.78. The maximum absolute atomic E-state index is 13.1.